The third kappa shape index (κ3) is 4.39. The summed E-state index contributed by atoms with van der Waals surface area (Å²) in [6.07, 6.45) is 2.73. The van der Waals surface area contributed by atoms with Crippen LogP contribution in [0.2, 0.25) is 0 Å². The van der Waals surface area contributed by atoms with E-state index in [9.17, 15) is 17.6 Å². The summed E-state index contributed by atoms with van der Waals surface area (Å²) in [7, 11) is -3.60. The number of hydrogen-bond donors (Lipinski definition) is 1. The summed E-state index contributed by atoms with van der Waals surface area (Å²) < 4.78 is 41.1. The summed E-state index contributed by atoms with van der Waals surface area (Å²) in [6, 6.07) is 8.50. The average Bonchev–Trinajstić information content (AvgIpc) is 2.66. The van der Waals surface area contributed by atoms with E-state index < -0.39 is 21.7 Å². The second kappa shape index (κ2) is 8.08. The molecule has 3 rings (SSSR count). The fourth-order valence-corrected chi connectivity index (χ4v) is 4.98. The molecule has 1 saturated heterocycles. The molecule has 1 heterocycles. The SMILES string of the molecule is Cc1ccc(S(=O)(=O)N2CCCCC2)cc1NC(=O)c1cc(F)ccc1Br. The molecule has 0 unspecified atom stereocenters. The molecule has 27 heavy (non-hydrogen) atoms. The van der Waals surface area contributed by atoms with Crippen LogP contribution in [-0.4, -0.2) is 31.7 Å². The molecule has 1 aliphatic heterocycles. The number of amides is 1. The molecule has 0 radical (unpaired) electrons. The Morgan fingerprint density at radius 2 is 1.81 bits per heavy atom. The molecule has 1 amide bonds. The van der Waals surface area contributed by atoms with Crippen LogP contribution in [0.5, 0.6) is 0 Å². The van der Waals surface area contributed by atoms with Gasteiger partial charge in [0.15, 0.2) is 0 Å². The topological polar surface area (TPSA) is 66.5 Å². The average molecular weight is 455 g/mol. The molecule has 2 aromatic carbocycles. The molecule has 8 heteroatoms. The first-order chi connectivity index (χ1) is 12.8. The molecule has 1 N–H and O–H groups in total. The number of carbonyl (C=O) groups excluding carboxylic acids is 1. The maximum absolute atomic E-state index is 13.5. The molecule has 0 bridgehead atoms. The number of anilines is 1. The Balaban J connectivity index is 1.89. The van der Waals surface area contributed by atoms with Gasteiger partial charge in [0.1, 0.15) is 5.82 Å². The van der Waals surface area contributed by atoms with Gasteiger partial charge in [-0.2, -0.15) is 4.31 Å². The van der Waals surface area contributed by atoms with E-state index in [1.807, 2.05) is 0 Å². The van der Waals surface area contributed by atoms with Gasteiger partial charge >= 0.3 is 0 Å². The van der Waals surface area contributed by atoms with Crippen LogP contribution in [0.15, 0.2) is 45.8 Å². The van der Waals surface area contributed by atoms with Gasteiger partial charge in [-0.3, -0.25) is 4.79 Å². The Kier molecular flexibility index (Phi) is 5.98. The van der Waals surface area contributed by atoms with Crippen molar-refractivity contribution in [1.82, 2.24) is 4.31 Å². The van der Waals surface area contributed by atoms with Crippen LogP contribution < -0.4 is 5.32 Å². The fraction of sp³-hybridized carbons (Fsp3) is 0.316. The van der Waals surface area contributed by atoms with Crippen molar-refractivity contribution in [3.05, 3.63) is 57.8 Å². The zero-order valence-corrected chi connectivity index (χ0v) is 17.2. The van der Waals surface area contributed by atoms with Crippen molar-refractivity contribution < 1.29 is 17.6 Å². The molecule has 0 aromatic heterocycles. The summed E-state index contributed by atoms with van der Waals surface area (Å²) in [5, 5.41) is 2.69. The Hall–Kier alpha value is -1.77. The summed E-state index contributed by atoms with van der Waals surface area (Å²) in [6.45, 7) is 2.79. The van der Waals surface area contributed by atoms with E-state index in [0.717, 1.165) is 25.3 Å². The Labute approximate surface area is 166 Å². The number of carbonyl (C=O) groups is 1. The van der Waals surface area contributed by atoms with Crippen LogP contribution >= 0.6 is 15.9 Å². The molecule has 0 aliphatic carbocycles. The zero-order valence-electron chi connectivity index (χ0n) is 14.8. The fourth-order valence-electron chi connectivity index (χ4n) is 3.01. The first kappa shape index (κ1) is 20.0. The lowest BCUT2D eigenvalue weighted by atomic mass is 10.1. The highest BCUT2D eigenvalue weighted by atomic mass is 79.9. The molecule has 0 saturated carbocycles. The van der Waals surface area contributed by atoms with E-state index in [1.165, 1.54) is 22.5 Å². The lowest BCUT2D eigenvalue weighted by Gasteiger charge is -2.26. The normalized spacial score (nSPS) is 15.5. The van der Waals surface area contributed by atoms with Crippen molar-refractivity contribution >= 4 is 37.5 Å². The standard InChI is InChI=1S/C19H20BrFN2O3S/c1-13-5-7-15(27(25,26)23-9-3-2-4-10-23)12-18(13)22-19(24)16-11-14(21)6-8-17(16)20/h5-8,11-12H,2-4,9-10H2,1H3,(H,22,24). The summed E-state index contributed by atoms with van der Waals surface area (Å²) in [5.74, 6) is -1.04. The third-order valence-corrected chi connectivity index (χ3v) is 7.17. The lowest BCUT2D eigenvalue weighted by Crippen LogP contribution is -2.35. The van der Waals surface area contributed by atoms with Crippen LogP contribution in [0.3, 0.4) is 0 Å². The number of aryl methyl sites for hydroxylation is 1. The third-order valence-electron chi connectivity index (χ3n) is 4.58. The van der Waals surface area contributed by atoms with Crippen molar-refractivity contribution in [3.63, 3.8) is 0 Å². The van der Waals surface area contributed by atoms with E-state index in [4.69, 9.17) is 0 Å². The maximum Gasteiger partial charge on any atom is 0.256 e. The monoisotopic (exact) mass is 454 g/mol. The highest BCUT2D eigenvalue weighted by Gasteiger charge is 2.26. The van der Waals surface area contributed by atoms with Gasteiger partial charge in [-0.25, -0.2) is 12.8 Å². The predicted molar refractivity (Wildman–Crippen MR) is 106 cm³/mol. The number of piperidine rings is 1. The van der Waals surface area contributed by atoms with E-state index >= 15 is 0 Å². The van der Waals surface area contributed by atoms with Gasteiger partial charge in [0.2, 0.25) is 10.0 Å². The van der Waals surface area contributed by atoms with Crippen molar-refractivity contribution in [1.29, 1.82) is 0 Å². The van der Waals surface area contributed by atoms with E-state index in [2.05, 4.69) is 21.2 Å². The van der Waals surface area contributed by atoms with Gasteiger partial charge in [0.05, 0.1) is 10.5 Å². The van der Waals surface area contributed by atoms with Gasteiger partial charge < -0.3 is 5.32 Å². The maximum atomic E-state index is 13.5. The quantitative estimate of drug-likeness (QED) is 0.747. The first-order valence-electron chi connectivity index (χ1n) is 8.66. The molecule has 1 fully saturated rings. The Morgan fingerprint density at radius 1 is 1.11 bits per heavy atom. The Morgan fingerprint density at radius 3 is 2.52 bits per heavy atom. The van der Waals surface area contributed by atoms with Gasteiger partial charge in [-0.1, -0.05) is 12.5 Å². The van der Waals surface area contributed by atoms with Crippen molar-refractivity contribution in [2.75, 3.05) is 18.4 Å². The van der Waals surface area contributed by atoms with Crippen LogP contribution in [0.4, 0.5) is 10.1 Å². The van der Waals surface area contributed by atoms with Crippen LogP contribution in [-0.2, 0) is 10.0 Å². The predicted octanol–water partition coefficient (Wildman–Crippen LogP) is 4.32. The second-order valence-electron chi connectivity index (χ2n) is 6.52. The summed E-state index contributed by atoms with van der Waals surface area (Å²) >= 11 is 3.23. The smallest absolute Gasteiger partial charge is 0.256 e. The first-order valence-corrected chi connectivity index (χ1v) is 10.9. The zero-order chi connectivity index (χ0) is 19.6. The minimum atomic E-state index is -3.60. The van der Waals surface area contributed by atoms with Crippen molar-refractivity contribution in [2.24, 2.45) is 0 Å². The molecule has 0 spiro atoms. The molecule has 1 aliphatic rings. The van der Waals surface area contributed by atoms with Crippen LogP contribution in [0, 0.1) is 12.7 Å². The summed E-state index contributed by atoms with van der Waals surface area (Å²) in [5.41, 5.74) is 1.24. The van der Waals surface area contributed by atoms with Crippen molar-refractivity contribution in [3.8, 4) is 0 Å². The van der Waals surface area contributed by atoms with E-state index in [-0.39, 0.29) is 10.5 Å². The molecule has 144 valence electrons. The molecular weight excluding hydrogens is 435 g/mol. The molecule has 5 nitrogen and oxygen atoms in total. The largest absolute Gasteiger partial charge is 0.322 e. The minimum absolute atomic E-state index is 0.138. The van der Waals surface area contributed by atoms with Crippen molar-refractivity contribution in [2.45, 2.75) is 31.1 Å². The van der Waals surface area contributed by atoms with Gasteiger partial charge in [-0.05, 0) is 71.6 Å². The number of nitrogens with zero attached hydrogens (tertiary/aromatic N) is 1. The minimum Gasteiger partial charge on any atom is -0.322 e. The van der Waals surface area contributed by atoms with Gasteiger partial charge in [0.25, 0.3) is 5.91 Å². The van der Waals surface area contributed by atoms with E-state index in [0.29, 0.717) is 28.8 Å². The van der Waals surface area contributed by atoms with Crippen LogP contribution in [0.25, 0.3) is 0 Å². The lowest BCUT2D eigenvalue weighted by molar-refractivity contribution is 0.102. The number of sulfonamides is 1. The number of halogens is 2. The van der Waals surface area contributed by atoms with E-state index in [1.54, 1.807) is 19.1 Å². The van der Waals surface area contributed by atoms with Crippen LogP contribution in [0.1, 0.15) is 35.2 Å². The van der Waals surface area contributed by atoms with Gasteiger partial charge in [0, 0.05) is 23.2 Å². The highest BCUT2D eigenvalue weighted by Crippen LogP contribution is 2.26. The van der Waals surface area contributed by atoms with Gasteiger partial charge in [-0.15, -0.1) is 0 Å². The number of rotatable bonds is 4. The molecule has 2 aromatic rings. The molecular formula is C19H20BrFN2O3S. The highest BCUT2D eigenvalue weighted by molar-refractivity contribution is 9.10. The number of hydrogen-bond acceptors (Lipinski definition) is 3. The number of benzene rings is 2. The number of nitrogens with one attached hydrogen (secondary N) is 1. The molecule has 0 atom stereocenters. The summed E-state index contributed by atoms with van der Waals surface area (Å²) in [4.78, 5) is 12.7. The Bertz CT molecular complexity index is 973. The second-order valence-corrected chi connectivity index (χ2v) is 9.31.